The Hall–Kier alpha value is -0.700. The molecule has 0 aromatic rings. The molecule has 0 N–H and O–H groups in total. The lowest BCUT2D eigenvalue weighted by Crippen LogP contribution is -1.65. The fraction of sp³-hybridized carbons (Fsp3) is 0.286. The van der Waals surface area contributed by atoms with E-state index in [2.05, 4.69) is 25.3 Å². The van der Waals surface area contributed by atoms with E-state index in [-0.39, 0.29) is 0 Å². The predicted molar refractivity (Wildman–Crippen MR) is 32.6 cm³/mol. The highest BCUT2D eigenvalue weighted by Gasteiger charge is 1.73. The normalized spacial score (nSPS) is 6.57. The minimum atomic E-state index is 0.733. The van der Waals surface area contributed by atoms with Crippen LogP contribution in [0.25, 0.3) is 0 Å². The minimum Gasteiger partial charge on any atom is -0.106 e. The number of hydrogen-bond donors (Lipinski definition) is 0. The van der Waals surface area contributed by atoms with Crippen LogP contribution in [-0.4, -0.2) is 0 Å². The average Bonchev–Trinajstić information content (AvgIpc) is 1.61. The van der Waals surface area contributed by atoms with E-state index in [4.69, 9.17) is 0 Å². The van der Waals surface area contributed by atoms with E-state index in [0.29, 0.717) is 0 Å². The molecule has 0 heteroatoms. The Morgan fingerprint density at radius 1 is 1.71 bits per heavy atom. The van der Waals surface area contributed by atoms with Crippen molar-refractivity contribution in [1.82, 2.24) is 0 Å². The molecule has 0 atom stereocenters. The van der Waals surface area contributed by atoms with E-state index in [9.17, 15) is 0 Å². The Labute approximate surface area is 45.2 Å². The molecule has 0 unspecified atom stereocenters. The van der Waals surface area contributed by atoms with Crippen molar-refractivity contribution >= 4 is 0 Å². The van der Waals surface area contributed by atoms with Crippen LogP contribution in [-0.2, 0) is 0 Å². The summed E-state index contributed by atoms with van der Waals surface area (Å²) >= 11 is 0. The van der Waals surface area contributed by atoms with Crippen LogP contribution in [0.5, 0.6) is 0 Å². The van der Waals surface area contributed by atoms with Gasteiger partial charge in [-0.1, -0.05) is 18.1 Å². The first-order chi connectivity index (χ1) is 3.27. The fourth-order valence-electron chi connectivity index (χ4n) is 0.213. The maximum absolute atomic E-state index is 3.58. The molecule has 0 saturated heterocycles. The Morgan fingerprint density at radius 2 is 2.29 bits per heavy atom. The van der Waals surface area contributed by atoms with Gasteiger partial charge in [0.1, 0.15) is 0 Å². The smallest absolute Gasteiger partial charge is 0.0296 e. The largest absolute Gasteiger partial charge is 0.106 e. The van der Waals surface area contributed by atoms with Crippen molar-refractivity contribution in [2.75, 3.05) is 0 Å². The highest BCUT2D eigenvalue weighted by atomic mass is 13.8. The van der Waals surface area contributed by atoms with Crippen molar-refractivity contribution in [3.63, 3.8) is 0 Å². The van der Waals surface area contributed by atoms with Gasteiger partial charge in [-0.05, 0) is 13.8 Å². The topological polar surface area (TPSA) is 0 Å². The minimum absolute atomic E-state index is 0.733. The van der Waals surface area contributed by atoms with Crippen molar-refractivity contribution in [2.24, 2.45) is 0 Å². The molecule has 0 fully saturated rings. The van der Waals surface area contributed by atoms with E-state index in [1.54, 1.807) is 0 Å². The van der Waals surface area contributed by atoms with Crippen LogP contribution in [0.3, 0.4) is 0 Å². The molecule has 0 aliphatic rings. The molecular weight excluding hydrogens is 84.1 g/mol. The third-order valence-corrected chi connectivity index (χ3v) is 0.515. The van der Waals surface area contributed by atoms with Gasteiger partial charge >= 0.3 is 0 Å². The van der Waals surface area contributed by atoms with Crippen LogP contribution >= 0.6 is 0 Å². The van der Waals surface area contributed by atoms with Crippen molar-refractivity contribution in [1.29, 1.82) is 0 Å². The van der Waals surface area contributed by atoms with Gasteiger partial charge in [0.2, 0.25) is 0 Å². The van der Waals surface area contributed by atoms with E-state index in [1.807, 2.05) is 6.92 Å². The Balaban J connectivity index is 3.26. The average molecular weight is 93.1 g/mol. The number of hydrogen-bond acceptors (Lipinski definition) is 0. The zero-order valence-corrected chi connectivity index (χ0v) is 4.62. The summed E-state index contributed by atoms with van der Waals surface area (Å²) in [6.45, 7) is 8.97. The second kappa shape index (κ2) is 3.49. The molecule has 37 valence electrons. The zero-order chi connectivity index (χ0) is 5.70. The molecule has 0 spiro atoms. The number of allylic oxidation sites excluding steroid dienone is 1. The summed E-state index contributed by atoms with van der Waals surface area (Å²) in [5.41, 5.74) is 0.884. The van der Waals surface area contributed by atoms with Crippen LogP contribution < -0.4 is 0 Å². The van der Waals surface area contributed by atoms with Crippen LogP contribution in [0, 0.1) is 18.8 Å². The van der Waals surface area contributed by atoms with Crippen molar-refractivity contribution in [2.45, 2.75) is 13.3 Å². The van der Waals surface area contributed by atoms with Gasteiger partial charge in [0.05, 0.1) is 0 Å². The Bertz CT molecular complexity index is 110. The molecule has 1 radical (unpaired) electrons. The van der Waals surface area contributed by atoms with Crippen molar-refractivity contribution in [3.05, 3.63) is 19.1 Å². The molecule has 0 amide bonds. The molecule has 0 saturated carbocycles. The molecule has 0 aromatic heterocycles. The zero-order valence-electron chi connectivity index (χ0n) is 4.62. The van der Waals surface area contributed by atoms with Gasteiger partial charge in [-0.25, -0.2) is 0 Å². The lowest BCUT2D eigenvalue weighted by molar-refractivity contribution is 1.36. The lowest BCUT2D eigenvalue weighted by atomic mass is 10.2. The third-order valence-electron chi connectivity index (χ3n) is 0.515. The number of rotatable bonds is 1. The highest BCUT2D eigenvalue weighted by molar-refractivity contribution is 5.10. The van der Waals surface area contributed by atoms with E-state index >= 15 is 0 Å². The SMILES string of the molecule is [CH2]C(=C)CC#CC. The van der Waals surface area contributed by atoms with Gasteiger partial charge in [-0.3, -0.25) is 0 Å². The van der Waals surface area contributed by atoms with E-state index in [1.165, 1.54) is 0 Å². The third kappa shape index (κ3) is 5.30. The first kappa shape index (κ1) is 6.30. The molecule has 0 aliphatic heterocycles. The molecule has 0 aromatic carbocycles. The standard InChI is InChI=1S/C7H9/c1-4-5-6-7(2)3/h2-3,6H2,1H3. The highest BCUT2D eigenvalue weighted by Crippen LogP contribution is 1.89. The first-order valence-electron chi connectivity index (χ1n) is 2.16. The molecule has 0 bridgehead atoms. The van der Waals surface area contributed by atoms with Gasteiger partial charge < -0.3 is 0 Å². The van der Waals surface area contributed by atoms with Crippen LogP contribution in [0.2, 0.25) is 0 Å². The summed E-state index contributed by atoms with van der Waals surface area (Å²) in [7, 11) is 0. The summed E-state index contributed by atoms with van der Waals surface area (Å²) in [6.07, 6.45) is 0.733. The summed E-state index contributed by atoms with van der Waals surface area (Å²) < 4.78 is 0. The van der Waals surface area contributed by atoms with Crippen LogP contribution in [0.1, 0.15) is 13.3 Å². The van der Waals surface area contributed by atoms with Gasteiger partial charge in [0.25, 0.3) is 0 Å². The van der Waals surface area contributed by atoms with Crippen LogP contribution in [0.15, 0.2) is 12.2 Å². The van der Waals surface area contributed by atoms with Crippen LogP contribution in [0.4, 0.5) is 0 Å². The van der Waals surface area contributed by atoms with E-state index < -0.39 is 0 Å². The van der Waals surface area contributed by atoms with Crippen molar-refractivity contribution < 1.29 is 0 Å². The maximum Gasteiger partial charge on any atom is 0.0296 e. The molecular formula is C7H9. The molecule has 0 nitrogen and oxygen atoms in total. The lowest BCUT2D eigenvalue weighted by Gasteiger charge is -1.80. The molecule has 0 rings (SSSR count). The first-order valence-corrected chi connectivity index (χ1v) is 2.16. The summed E-state index contributed by atoms with van der Waals surface area (Å²) in [6, 6.07) is 0. The molecule has 0 aliphatic carbocycles. The van der Waals surface area contributed by atoms with Gasteiger partial charge in [-0.2, -0.15) is 0 Å². The van der Waals surface area contributed by atoms with Crippen molar-refractivity contribution in [3.8, 4) is 11.8 Å². The fourth-order valence-corrected chi connectivity index (χ4v) is 0.213. The Morgan fingerprint density at radius 3 is 2.43 bits per heavy atom. The quantitative estimate of drug-likeness (QED) is 0.433. The van der Waals surface area contributed by atoms with Gasteiger partial charge in [-0.15, -0.1) is 5.92 Å². The summed E-state index contributed by atoms with van der Waals surface area (Å²) in [4.78, 5) is 0. The second-order valence-corrected chi connectivity index (χ2v) is 1.35. The van der Waals surface area contributed by atoms with E-state index in [0.717, 1.165) is 12.0 Å². The maximum atomic E-state index is 3.58. The van der Waals surface area contributed by atoms with Gasteiger partial charge in [0, 0.05) is 6.42 Å². The Kier molecular flexibility index (Phi) is 3.14. The summed E-state index contributed by atoms with van der Waals surface area (Å²) in [5, 5.41) is 0. The second-order valence-electron chi connectivity index (χ2n) is 1.35. The molecule has 7 heavy (non-hydrogen) atoms. The molecule has 0 heterocycles. The summed E-state index contributed by atoms with van der Waals surface area (Å²) in [5.74, 6) is 5.58. The predicted octanol–water partition coefficient (Wildman–Crippen LogP) is 1.79. The van der Waals surface area contributed by atoms with Gasteiger partial charge in [0.15, 0.2) is 0 Å². The monoisotopic (exact) mass is 93.1 g/mol.